The van der Waals surface area contributed by atoms with Crippen LogP contribution in [0.4, 0.5) is 10.5 Å². The number of hydrogen-bond donors (Lipinski definition) is 1. The number of rotatable bonds is 3. The summed E-state index contributed by atoms with van der Waals surface area (Å²) in [4.78, 5) is 25.9. The molecule has 1 N–H and O–H groups in total. The summed E-state index contributed by atoms with van der Waals surface area (Å²) in [6, 6.07) is 10.2. The Labute approximate surface area is 151 Å². The lowest BCUT2D eigenvalue weighted by Gasteiger charge is -2.18. The zero-order chi connectivity index (χ0) is 18.0. The van der Waals surface area contributed by atoms with E-state index in [0.29, 0.717) is 36.0 Å². The average molecular weight is 362 g/mol. The summed E-state index contributed by atoms with van der Waals surface area (Å²) in [6.45, 7) is 2.90. The van der Waals surface area contributed by atoms with Gasteiger partial charge >= 0.3 is 6.03 Å². The van der Waals surface area contributed by atoms with Gasteiger partial charge in [0.25, 0.3) is 5.56 Å². The molecule has 2 aromatic rings. The van der Waals surface area contributed by atoms with Crippen LogP contribution in [0.1, 0.15) is 12.1 Å². The van der Waals surface area contributed by atoms with Gasteiger partial charge < -0.3 is 19.5 Å². The van der Waals surface area contributed by atoms with Crippen molar-refractivity contribution in [2.45, 2.75) is 19.4 Å². The van der Waals surface area contributed by atoms with Crippen molar-refractivity contribution in [3.8, 4) is 5.75 Å². The van der Waals surface area contributed by atoms with Crippen LogP contribution in [0.25, 0.3) is 0 Å². The highest BCUT2D eigenvalue weighted by Crippen LogP contribution is 2.23. The number of ether oxygens (including phenoxy) is 1. The standard InChI is InChI=1S/C18H20ClN3O3/c1-12-9-14(10-17(23)21(12)2)25-13-7-8-22(11-13)18(24)20-16-6-4-3-5-15(16)19/h3-6,9-10,13H,7-8,11H2,1-2H3,(H,20,24). The molecule has 2 amide bonds. The Balaban J connectivity index is 1.61. The molecule has 3 rings (SSSR count). The van der Waals surface area contributed by atoms with Crippen molar-refractivity contribution >= 4 is 23.3 Å². The number of hydrogen-bond acceptors (Lipinski definition) is 3. The Morgan fingerprint density at radius 1 is 1.32 bits per heavy atom. The molecule has 1 aliphatic rings. The molecule has 132 valence electrons. The Kier molecular flexibility index (Phi) is 4.99. The van der Waals surface area contributed by atoms with Gasteiger partial charge in [-0.25, -0.2) is 4.79 Å². The number of carbonyl (C=O) groups excluding carboxylic acids is 1. The molecular weight excluding hydrogens is 342 g/mol. The molecule has 6 nitrogen and oxygen atoms in total. The zero-order valence-electron chi connectivity index (χ0n) is 14.2. The monoisotopic (exact) mass is 361 g/mol. The number of carbonyl (C=O) groups is 1. The van der Waals surface area contributed by atoms with E-state index in [1.807, 2.05) is 25.1 Å². The summed E-state index contributed by atoms with van der Waals surface area (Å²) in [6.07, 6.45) is 0.577. The van der Waals surface area contributed by atoms with Crippen LogP contribution >= 0.6 is 11.6 Å². The number of para-hydroxylation sites is 1. The van der Waals surface area contributed by atoms with Crippen LogP contribution in [0, 0.1) is 6.92 Å². The number of likely N-dealkylation sites (tertiary alicyclic amines) is 1. The fourth-order valence-electron chi connectivity index (χ4n) is 2.76. The number of anilines is 1. The second-order valence-electron chi connectivity index (χ2n) is 6.11. The van der Waals surface area contributed by atoms with E-state index in [1.54, 1.807) is 28.6 Å². The molecule has 1 unspecified atom stereocenters. The lowest BCUT2D eigenvalue weighted by Crippen LogP contribution is -2.34. The van der Waals surface area contributed by atoms with Crippen LogP contribution in [0.15, 0.2) is 41.2 Å². The number of halogens is 1. The van der Waals surface area contributed by atoms with Gasteiger partial charge in [0.2, 0.25) is 0 Å². The fraction of sp³-hybridized carbons (Fsp3) is 0.333. The van der Waals surface area contributed by atoms with E-state index >= 15 is 0 Å². The van der Waals surface area contributed by atoms with E-state index in [2.05, 4.69) is 5.32 Å². The molecular formula is C18H20ClN3O3. The van der Waals surface area contributed by atoms with Crippen molar-refractivity contribution in [3.63, 3.8) is 0 Å². The molecule has 25 heavy (non-hydrogen) atoms. The third-order valence-corrected chi connectivity index (χ3v) is 4.66. The molecule has 1 aliphatic heterocycles. The number of aromatic nitrogens is 1. The molecule has 1 aromatic heterocycles. The summed E-state index contributed by atoms with van der Waals surface area (Å²) in [7, 11) is 1.72. The molecule has 1 saturated heterocycles. The number of aryl methyl sites for hydroxylation is 1. The summed E-state index contributed by atoms with van der Waals surface area (Å²) >= 11 is 6.06. The van der Waals surface area contributed by atoms with Gasteiger partial charge in [-0.2, -0.15) is 0 Å². The maximum Gasteiger partial charge on any atom is 0.322 e. The fourth-order valence-corrected chi connectivity index (χ4v) is 2.95. The molecule has 0 bridgehead atoms. The van der Waals surface area contributed by atoms with Crippen molar-refractivity contribution in [1.29, 1.82) is 0 Å². The van der Waals surface area contributed by atoms with Gasteiger partial charge in [-0.05, 0) is 25.1 Å². The quantitative estimate of drug-likeness (QED) is 0.913. The van der Waals surface area contributed by atoms with Gasteiger partial charge in [-0.1, -0.05) is 23.7 Å². The van der Waals surface area contributed by atoms with Crippen LogP contribution in [-0.4, -0.2) is 34.7 Å². The largest absolute Gasteiger partial charge is 0.488 e. The lowest BCUT2D eigenvalue weighted by molar-refractivity contribution is 0.194. The first-order valence-corrected chi connectivity index (χ1v) is 8.46. The second kappa shape index (κ2) is 7.19. The minimum atomic E-state index is -0.209. The van der Waals surface area contributed by atoms with Crippen molar-refractivity contribution in [2.24, 2.45) is 7.05 Å². The normalized spacial score (nSPS) is 16.8. The highest BCUT2D eigenvalue weighted by molar-refractivity contribution is 6.33. The van der Waals surface area contributed by atoms with Crippen molar-refractivity contribution < 1.29 is 9.53 Å². The Morgan fingerprint density at radius 2 is 2.08 bits per heavy atom. The molecule has 7 heteroatoms. The summed E-state index contributed by atoms with van der Waals surface area (Å²) in [5.41, 5.74) is 1.30. The summed E-state index contributed by atoms with van der Waals surface area (Å²) < 4.78 is 7.45. The molecule has 0 saturated carbocycles. The third kappa shape index (κ3) is 3.96. The number of urea groups is 1. The summed E-state index contributed by atoms with van der Waals surface area (Å²) in [5.74, 6) is 0.541. The maximum atomic E-state index is 12.4. The van der Waals surface area contributed by atoms with Crippen molar-refractivity contribution in [1.82, 2.24) is 9.47 Å². The minimum Gasteiger partial charge on any atom is -0.488 e. The number of nitrogens with one attached hydrogen (secondary N) is 1. The second-order valence-corrected chi connectivity index (χ2v) is 6.52. The number of pyridine rings is 1. The van der Waals surface area contributed by atoms with Crippen molar-refractivity contribution in [2.75, 3.05) is 18.4 Å². The van der Waals surface area contributed by atoms with E-state index in [-0.39, 0.29) is 17.7 Å². The highest BCUT2D eigenvalue weighted by atomic mass is 35.5. The third-order valence-electron chi connectivity index (χ3n) is 4.33. The number of amides is 2. The predicted molar refractivity (Wildman–Crippen MR) is 97.5 cm³/mol. The number of benzene rings is 1. The van der Waals surface area contributed by atoms with E-state index < -0.39 is 0 Å². The lowest BCUT2D eigenvalue weighted by atomic mass is 10.3. The predicted octanol–water partition coefficient (Wildman–Crippen LogP) is 3.03. The highest BCUT2D eigenvalue weighted by Gasteiger charge is 2.28. The van der Waals surface area contributed by atoms with Gasteiger partial charge in [-0.15, -0.1) is 0 Å². The molecule has 0 aliphatic carbocycles. The van der Waals surface area contributed by atoms with Gasteiger partial charge in [0, 0.05) is 31.8 Å². The van der Waals surface area contributed by atoms with Gasteiger partial charge in [0.15, 0.2) is 0 Å². The smallest absolute Gasteiger partial charge is 0.322 e. The topological polar surface area (TPSA) is 63.6 Å². The van der Waals surface area contributed by atoms with Crippen LogP contribution in [0.3, 0.4) is 0 Å². The maximum absolute atomic E-state index is 12.4. The molecule has 0 radical (unpaired) electrons. The first kappa shape index (κ1) is 17.4. The Morgan fingerprint density at radius 3 is 2.80 bits per heavy atom. The Bertz CT molecular complexity index is 850. The van der Waals surface area contributed by atoms with E-state index in [4.69, 9.17) is 16.3 Å². The zero-order valence-corrected chi connectivity index (χ0v) is 14.9. The molecule has 1 atom stereocenters. The molecule has 0 spiro atoms. The van der Waals surface area contributed by atoms with Crippen molar-refractivity contribution in [3.05, 3.63) is 57.5 Å². The van der Waals surface area contributed by atoms with E-state index in [1.165, 1.54) is 6.07 Å². The van der Waals surface area contributed by atoms with Gasteiger partial charge in [-0.3, -0.25) is 4.79 Å². The van der Waals surface area contributed by atoms with Crippen LogP contribution in [0.2, 0.25) is 5.02 Å². The van der Waals surface area contributed by atoms with E-state index in [0.717, 1.165) is 5.69 Å². The van der Waals surface area contributed by atoms with Crippen LogP contribution in [0.5, 0.6) is 5.75 Å². The summed E-state index contributed by atoms with van der Waals surface area (Å²) in [5, 5.41) is 3.31. The SMILES string of the molecule is Cc1cc(OC2CCN(C(=O)Nc3ccccc3Cl)C2)cc(=O)n1C. The van der Waals surface area contributed by atoms with Crippen LogP contribution in [-0.2, 0) is 7.05 Å². The van der Waals surface area contributed by atoms with Gasteiger partial charge in [0.1, 0.15) is 11.9 Å². The first-order chi connectivity index (χ1) is 11.9. The minimum absolute atomic E-state index is 0.110. The Hall–Kier alpha value is -2.47. The molecule has 2 heterocycles. The van der Waals surface area contributed by atoms with E-state index in [9.17, 15) is 9.59 Å². The van der Waals surface area contributed by atoms with Gasteiger partial charge in [0.05, 0.1) is 17.3 Å². The molecule has 1 fully saturated rings. The molecule has 1 aromatic carbocycles. The average Bonchev–Trinajstić information content (AvgIpc) is 3.03. The number of nitrogens with zero attached hydrogens (tertiary/aromatic N) is 2. The van der Waals surface area contributed by atoms with Crippen LogP contribution < -0.4 is 15.6 Å². The first-order valence-electron chi connectivity index (χ1n) is 8.09.